The van der Waals surface area contributed by atoms with E-state index in [4.69, 9.17) is 4.74 Å². The normalized spacial score (nSPS) is 56.6. The first-order valence-corrected chi connectivity index (χ1v) is 11.5. The van der Waals surface area contributed by atoms with Crippen LogP contribution >= 0.6 is 0 Å². The molecule has 28 heavy (non-hydrogen) atoms. The zero-order valence-electron chi connectivity index (χ0n) is 17.0. The SMILES string of the molecule is C[C@@]12C(=CC(=O)C3C[C@@H]31)C1(CC1)CC1C2C=C[C@@]2(C)C1CC[C@@]21CCC(=O)O1. The van der Waals surface area contributed by atoms with Crippen LogP contribution in [0.4, 0.5) is 0 Å². The standard InChI is InChI=1S/C25H30O3/c1-22-6-3-17-15(16(22)4-7-25(22)8-5-21(27)28-25)13-24(9-10-24)20-12-19(26)14-11-18(14)23(17,20)2/h3,6,12,14-18H,4-5,7-11,13H2,1-2H3/t14?,15?,16?,17?,18-,22-,23-,25+/m0/s1. The molecule has 5 fully saturated rings. The summed E-state index contributed by atoms with van der Waals surface area (Å²) in [7, 11) is 0. The summed E-state index contributed by atoms with van der Waals surface area (Å²) in [5, 5.41) is 0. The molecule has 7 rings (SSSR count). The molecule has 7 aliphatic rings. The third kappa shape index (κ3) is 1.60. The van der Waals surface area contributed by atoms with Gasteiger partial charge in [-0.3, -0.25) is 9.59 Å². The Morgan fingerprint density at radius 3 is 2.61 bits per heavy atom. The van der Waals surface area contributed by atoms with Gasteiger partial charge < -0.3 is 4.74 Å². The summed E-state index contributed by atoms with van der Waals surface area (Å²) in [4.78, 5) is 24.6. The maximum Gasteiger partial charge on any atom is 0.306 e. The van der Waals surface area contributed by atoms with Gasteiger partial charge in [-0.1, -0.05) is 31.6 Å². The Bertz CT molecular complexity index is 893. The van der Waals surface area contributed by atoms with Gasteiger partial charge in [0.15, 0.2) is 5.78 Å². The zero-order valence-corrected chi connectivity index (χ0v) is 17.0. The van der Waals surface area contributed by atoms with E-state index in [0.717, 1.165) is 19.3 Å². The molecule has 0 bridgehead atoms. The molecule has 0 N–H and O–H groups in total. The van der Waals surface area contributed by atoms with Crippen molar-refractivity contribution >= 4 is 11.8 Å². The quantitative estimate of drug-likeness (QED) is 0.456. The molecule has 6 aliphatic carbocycles. The van der Waals surface area contributed by atoms with Crippen molar-refractivity contribution in [2.75, 3.05) is 0 Å². The molecule has 1 heterocycles. The first-order chi connectivity index (χ1) is 13.3. The van der Waals surface area contributed by atoms with Gasteiger partial charge >= 0.3 is 5.97 Å². The Balaban J connectivity index is 1.37. The van der Waals surface area contributed by atoms with Crippen LogP contribution in [0, 0.1) is 45.8 Å². The molecule has 3 nitrogen and oxygen atoms in total. The average molecular weight is 379 g/mol. The molecule has 148 valence electrons. The second kappa shape index (κ2) is 4.52. The molecule has 3 heteroatoms. The number of ketones is 1. The van der Waals surface area contributed by atoms with E-state index in [2.05, 4.69) is 32.1 Å². The average Bonchev–Trinajstić information content (AvgIpc) is 3.55. The largest absolute Gasteiger partial charge is 0.458 e. The highest BCUT2D eigenvalue weighted by Crippen LogP contribution is 2.78. The summed E-state index contributed by atoms with van der Waals surface area (Å²) in [6.45, 7) is 4.88. The number of allylic oxidation sites excluding steroid dienone is 3. The number of hydrogen-bond donors (Lipinski definition) is 0. The van der Waals surface area contributed by atoms with Crippen LogP contribution < -0.4 is 0 Å². The van der Waals surface area contributed by atoms with Crippen LogP contribution in [0.15, 0.2) is 23.8 Å². The van der Waals surface area contributed by atoms with Gasteiger partial charge in [-0.25, -0.2) is 0 Å². The first kappa shape index (κ1) is 16.4. The van der Waals surface area contributed by atoms with E-state index in [1.807, 2.05) is 0 Å². The van der Waals surface area contributed by atoms with E-state index >= 15 is 0 Å². The van der Waals surface area contributed by atoms with E-state index in [0.29, 0.717) is 47.2 Å². The molecule has 0 aromatic rings. The Morgan fingerprint density at radius 1 is 1.07 bits per heavy atom. The minimum absolute atomic E-state index is 0.00324. The predicted molar refractivity (Wildman–Crippen MR) is 104 cm³/mol. The summed E-state index contributed by atoms with van der Waals surface area (Å²) < 4.78 is 6.06. The first-order valence-electron chi connectivity index (χ1n) is 11.5. The molecule has 0 aromatic heterocycles. The number of esters is 1. The molecular formula is C25H30O3. The fourth-order valence-corrected chi connectivity index (χ4v) is 9.13. The van der Waals surface area contributed by atoms with Crippen LogP contribution in [-0.2, 0) is 14.3 Å². The smallest absolute Gasteiger partial charge is 0.306 e. The van der Waals surface area contributed by atoms with E-state index < -0.39 is 0 Å². The maximum atomic E-state index is 12.6. The predicted octanol–water partition coefficient (Wildman–Crippen LogP) is 4.62. The van der Waals surface area contributed by atoms with Gasteiger partial charge in [0.05, 0.1) is 0 Å². The van der Waals surface area contributed by atoms with Crippen molar-refractivity contribution in [2.24, 2.45) is 45.8 Å². The van der Waals surface area contributed by atoms with Gasteiger partial charge in [0.25, 0.3) is 0 Å². The number of rotatable bonds is 0. The minimum atomic E-state index is -0.255. The third-order valence-corrected chi connectivity index (χ3v) is 10.8. The fraction of sp³-hybridized carbons (Fsp3) is 0.760. The van der Waals surface area contributed by atoms with Gasteiger partial charge in [-0.15, -0.1) is 0 Å². The van der Waals surface area contributed by atoms with Crippen LogP contribution in [0.2, 0.25) is 0 Å². The Labute approximate surface area is 167 Å². The van der Waals surface area contributed by atoms with Gasteiger partial charge in [0.2, 0.25) is 0 Å². The second-order valence-corrected chi connectivity index (χ2v) is 11.6. The summed E-state index contributed by atoms with van der Waals surface area (Å²) >= 11 is 0. The summed E-state index contributed by atoms with van der Waals surface area (Å²) in [6.07, 6.45) is 15.7. The lowest BCUT2D eigenvalue weighted by Gasteiger charge is -2.58. The van der Waals surface area contributed by atoms with Crippen LogP contribution in [-0.4, -0.2) is 17.4 Å². The van der Waals surface area contributed by atoms with Crippen molar-refractivity contribution in [3.63, 3.8) is 0 Å². The molecule has 1 aliphatic heterocycles. The molecule has 2 spiro atoms. The number of ether oxygens (including phenoxy) is 1. The van der Waals surface area contributed by atoms with Crippen molar-refractivity contribution in [3.05, 3.63) is 23.8 Å². The van der Waals surface area contributed by atoms with Crippen LogP contribution in [0.3, 0.4) is 0 Å². The van der Waals surface area contributed by atoms with Crippen LogP contribution in [0.1, 0.15) is 65.2 Å². The fourth-order valence-electron chi connectivity index (χ4n) is 9.13. The Kier molecular flexibility index (Phi) is 2.65. The molecule has 0 amide bonds. The molecular weight excluding hydrogens is 348 g/mol. The number of carbonyl (C=O) groups is 2. The maximum absolute atomic E-state index is 12.6. The van der Waals surface area contributed by atoms with E-state index in [9.17, 15) is 9.59 Å². The van der Waals surface area contributed by atoms with Crippen molar-refractivity contribution in [2.45, 2.75) is 70.8 Å². The zero-order chi connectivity index (χ0) is 19.1. The van der Waals surface area contributed by atoms with Gasteiger partial charge in [-0.05, 0) is 85.5 Å². The molecule has 0 radical (unpaired) electrons. The third-order valence-electron chi connectivity index (χ3n) is 10.8. The Hall–Kier alpha value is -1.38. The highest BCUT2D eigenvalue weighted by atomic mass is 16.6. The van der Waals surface area contributed by atoms with Gasteiger partial charge in [0.1, 0.15) is 5.60 Å². The van der Waals surface area contributed by atoms with Crippen molar-refractivity contribution in [3.8, 4) is 0 Å². The van der Waals surface area contributed by atoms with Crippen LogP contribution in [0.25, 0.3) is 0 Å². The van der Waals surface area contributed by atoms with Crippen LogP contribution in [0.5, 0.6) is 0 Å². The molecule has 4 unspecified atom stereocenters. The lowest BCUT2D eigenvalue weighted by atomic mass is 9.45. The number of hydrogen-bond acceptors (Lipinski definition) is 3. The van der Waals surface area contributed by atoms with E-state index in [1.54, 1.807) is 0 Å². The molecule has 0 aromatic carbocycles. The van der Waals surface area contributed by atoms with E-state index in [1.165, 1.54) is 31.3 Å². The monoisotopic (exact) mass is 378 g/mol. The number of fused-ring (bicyclic) bond motifs is 9. The molecule has 1 saturated heterocycles. The second-order valence-electron chi connectivity index (χ2n) is 11.6. The summed E-state index contributed by atoms with van der Waals surface area (Å²) in [5.41, 5.74) is 1.75. The van der Waals surface area contributed by atoms with Crippen molar-refractivity contribution in [1.29, 1.82) is 0 Å². The number of carbonyl (C=O) groups excluding carboxylic acids is 2. The minimum Gasteiger partial charge on any atom is -0.458 e. The van der Waals surface area contributed by atoms with Gasteiger partial charge in [0, 0.05) is 17.8 Å². The highest BCUT2D eigenvalue weighted by Gasteiger charge is 2.73. The van der Waals surface area contributed by atoms with Gasteiger partial charge in [-0.2, -0.15) is 0 Å². The molecule has 8 atom stereocenters. The molecule has 4 saturated carbocycles. The lowest BCUT2D eigenvalue weighted by Crippen LogP contribution is -2.55. The highest BCUT2D eigenvalue weighted by molar-refractivity contribution is 5.96. The van der Waals surface area contributed by atoms with E-state index in [-0.39, 0.29) is 22.4 Å². The summed E-state index contributed by atoms with van der Waals surface area (Å²) in [6, 6.07) is 0. The Morgan fingerprint density at radius 2 is 1.89 bits per heavy atom. The summed E-state index contributed by atoms with van der Waals surface area (Å²) in [5.74, 6) is 3.13. The van der Waals surface area contributed by atoms with Crippen molar-refractivity contribution < 1.29 is 14.3 Å². The van der Waals surface area contributed by atoms with Crippen molar-refractivity contribution in [1.82, 2.24) is 0 Å². The topological polar surface area (TPSA) is 43.4 Å². The lowest BCUT2D eigenvalue weighted by molar-refractivity contribution is -0.157.